The van der Waals surface area contributed by atoms with Crippen LogP contribution in [0.15, 0.2) is 0 Å². The lowest BCUT2D eigenvalue weighted by molar-refractivity contribution is -0.0884. The largest absolute Gasteiger partial charge is 0.376 e. The molecule has 2 rings (SSSR count). The van der Waals surface area contributed by atoms with E-state index in [1.807, 2.05) is 0 Å². The minimum atomic E-state index is 0.383. The summed E-state index contributed by atoms with van der Waals surface area (Å²) in [5.74, 6) is 1.28. The molecule has 0 saturated carbocycles. The van der Waals surface area contributed by atoms with Crippen molar-refractivity contribution in [3.63, 3.8) is 0 Å². The van der Waals surface area contributed by atoms with Crippen LogP contribution in [0.2, 0.25) is 0 Å². The van der Waals surface area contributed by atoms with E-state index in [0.717, 1.165) is 13.2 Å². The lowest BCUT2D eigenvalue weighted by Crippen LogP contribution is -2.58. The van der Waals surface area contributed by atoms with E-state index in [9.17, 15) is 0 Å². The summed E-state index contributed by atoms with van der Waals surface area (Å²) in [4.78, 5) is 2.95. The summed E-state index contributed by atoms with van der Waals surface area (Å²) < 4.78 is 5.28. The van der Waals surface area contributed by atoms with Crippen LogP contribution < -0.4 is 0 Å². The average molecular weight is 173 g/mol. The van der Waals surface area contributed by atoms with E-state index in [2.05, 4.69) is 30.5 Å². The van der Waals surface area contributed by atoms with Gasteiger partial charge in [0.15, 0.2) is 0 Å². The highest BCUT2D eigenvalue weighted by Crippen LogP contribution is 2.42. The molecule has 0 N–H and O–H groups in total. The van der Waals surface area contributed by atoms with Gasteiger partial charge in [0.25, 0.3) is 0 Å². The summed E-state index contributed by atoms with van der Waals surface area (Å²) in [6, 6.07) is 0.675. The van der Waals surface area contributed by atoms with Gasteiger partial charge < -0.3 is 4.74 Å². The van der Waals surface area contributed by atoms with Crippen LogP contribution in [0.5, 0.6) is 0 Å². The SMILES string of the molecule is CC(C)N1CCSC12COC2. The van der Waals surface area contributed by atoms with E-state index in [4.69, 9.17) is 4.74 Å². The van der Waals surface area contributed by atoms with Crippen molar-refractivity contribution in [2.75, 3.05) is 25.5 Å². The van der Waals surface area contributed by atoms with Gasteiger partial charge in [-0.15, -0.1) is 11.8 Å². The summed E-state index contributed by atoms with van der Waals surface area (Å²) in [5.41, 5.74) is 0. The van der Waals surface area contributed by atoms with Gasteiger partial charge in [-0.3, -0.25) is 4.90 Å². The Balaban J connectivity index is 2.07. The molecular formula is C8H15NOS. The lowest BCUT2D eigenvalue weighted by Gasteiger charge is -2.46. The molecule has 0 aromatic carbocycles. The fourth-order valence-electron chi connectivity index (χ4n) is 1.88. The summed E-state index contributed by atoms with van der Waals surface area (Å²) in [7, 11) is 0. The van der Waals surface area contributed by atoms with E-state index < -0.39 is 0 Å². The van der Waals surface area contributed by atoms with Gasteiger partial charge in [-0.25, -0.2) is 0 Å². The molecule has 64 valence electrons. The van der Waals surface area contributed by atoms with E-state index in [1.54, 1.807) is 0 Å². The van der Waals surface area contributed by atoms with Gasteiger partial charge in [-0.1, -0.05) is 0 Å². The first kappa shape index (κ1) is 7.90. The third-order valence-corrected chi connectivity index (χ3v) is 3.90. The van der Waals surface area contributed by atoms with Crippen molar-refractivity contribution in [3.05, 3.63) is 0 Å². The quantitative estimate of drug-likeness (QED) is 0.590. The van der Waals surface area contributed by atoms with Gasteiger partial charge in [-0.2, -0.15) is 0 Å². The average Bonchev–Trinajstić information content (AvgIpc) is 2.27. The molecule has 2 aliphatic rings. The second kappa shape index (κ2) is 2.64. The molecule has 0 bridgehead atoms. The molecule has 11 heavy (non-hydrogen) atoms. The van der Waals surface area contributed by atoms with Crippen molar-refractivity contribution in [3.8, 4) is 0 Å². The molecule has 2 heterocycles. The molecule has 0 aromatic rings. The molecule has 2 fully saturated rings. The predicted octanol–water partition coefficient (Wildman–Crippen LogP) is 1.17. The molecule has 2 aliphatic heterocycles. The third kappa shape index (κ3) is 1.10. The van der Waals surface area contributed by atoms with Crippen LogP contribution >= 0.6 is 11.8 Å². The maximum absolute atomic E-state index is 5.28. The Bertz CT molecular complexity index is 156. The number of hydrogen-bond acceptors (Lipinski definition) is 3. The summed E-state index contributed by atoms with van der Waals surface area (Å²) in [5, 5.41) is 0. The number of nitrogens with zero attached hydrogens (tertiary/aromatic N) is 1. The predicted molar refractivity (Wildman–Crippen MR) is 47.9 cm³/mol. The molecule has 3 heteroatoms. The minimum Gasteiger partial charge on any atom is -0.376 e. The normalized spacial score (nSPS) is 29.7. The molecule has 0 aliphatic carbocycles. The number of thioether (sulfide) groups is 1. The van der Waals surface area contributed by atoms with Crippen LogP contribution in [0.3, 0.4) is 0 Å². The second-order valence-corrected chi connectivity index (χ2v) is 5.03. The Kier molecular flexibility index (Phi) is 1.90. The molecule has 1 spiro atoms. The van der Waals surface area contributed by atoms with Crippen LogP contribution in [0.25, 0.3) is 0 Å². The topological polar surface area (TPSA) is 12.5 Å². The number of rotatable bonds is 1. The van der Waals surface area contributed by atoms with E-state index in [1.165, 1.54) is 12.3 Å². The zero-order valence-electron chi connectivity index (χ0n) is 7.17. The van der Waals surface area contributed by atoms with Crippen molar-refractivity contribution >= 4 is 11.8 Å². The smallest absolute Gasteiger partial charge is 0.115 e. The minimum absolute atomic E-state index is 0.383. The fraction of sp³-hybridized carbons (Fsp3) is 1.00. The van der Waals surface area contributed by atoms with Crippen molar-refractivity contribution in [1.29, 1.82) is 0 Å². The first-order valence-electron chi connectivity index (χ1n) is 4.23. The third-order valence-electron chi connectivity index (χ3n) is 2.50. The number of hydrogen-bond donors (Lipinski definition) is 0. The van der Waals surface area contributed by atoms with Crippen LogP contribution in [0, 0.1) is 0 Å². The van der Waals surface area contributed by atoms with Gasteiger partial charge in [-0.05, 0) is 13.8 Å². The van der Waals surface area contributed by atoms with Crippen LogP contribution in [-0.2, 0) is 4.74 Å². The van der Waals surface area contributed by atoms with Crippen molar-refractivity contribution in [2.24, 2.45) is 0 Å². The highest BCUT2D eigenvalue weighted by Gasteiger charge is 2.48. The Labute approximate surface area is 72.3 Å². The van der Waals surface area contributed by atoms with Gasteiger partial charge in [0.05, 0.1) is 13.2 Å². The number of ether oxygens (including phenoxy) is 1. The van der Waals surface area contributed by atoms with Gasteiger partial charge in [0.2, 0.25) is 0 Å². The Hall–Kier alpha value is 0.270. The lowest BCUT2D eigenvalue weighted by atomic mass is 10.1. The maximum Gasteiger partial charge on any atom is 0.115 e. The van der Waals surface area contributed by atoms with Crippen molar-refractivity contribution < 1.29 is 4.74 Å². The Morgan fingerprint density at radius 3 is 2.55 bits per heavy atom. The Morgan fingerprint density at radius 1 is 1.45 bits per heavy atom. The first-order valence-corrected chi connectivity index (χ1v) is 5.22. The summed E-state index contributed by atoms with van der Waals surface area (Å²) >= 11 is 2.07. The molecule has 0 aromatic heterocycles. The summed E-state index contributed by atoms with van der Waals surface area (Å²) in [6.07, 6.45) is 0. The molecule has 0 unspecified atom stereocenters. The van der Waals surface area contributed by atoms with Crippen molar-refractivity contribution in [1.82, 2.24) is 4.90 Å². The monoisotopic (exact) mass is 173 g/mol. The molecule has 2 saturated heterocycles. The van der Waals surface area contributed by atoms with Gasteiger partial charge >= 0.3 is 0 Å². The second-order valence-electron chi connectivity index (χ2n) is 3.57. The zero-order valence-corrected chi connectivity index (χ0v) is 7.99. The molecule has 0 atom stereocenters. The fourth-order valence-corrected chi connectivity index (χ4v) is 3.34. The Morgan fingerprint density at radius 2 is 2.18 bits per heavy atom. The van der Waals surface area contributed by atoms with Crippen LogP contribution in [0.1, 0.15) is 13.8 Å². The van der Waals surface area contributed by atoms with Crippen LogP contribution in [-0.4, -0.2) is 41.3 Å². The molecular weight excluding hydrogens is 158 g/mol. The first-order chi connectivity index (χ1) is 5.25. The van der Waals surface area contributed by atoms with E-state index in [-0.39, 0.29) is 0 Å². The van der Waals surface area contributed by atoms with Gasteiger partial charge in [0.1, 0.15) is 4.87 Å². The highest BCUT2D eigenvalue weighted by atomic mass is 32.2. The standard InChI is InChI=1S/C8H15NOS/c1-7(2)9-3-4-11-8(9)5-10-6-8/h7H,3-6H2,1-2H3. The van der Waals surface area contributed by atoms with Crippen molar-refractivity contribution in [2.45, 2.75) is 24.8 Å². The van der Waals surface area contributed by atoms with E-state index in [0.29, 0.717) is 10.9 Å². The maximum atomic E-state index is 5.28. The summed E-state index contributed by atoms with van der Waals surface area (Å²) in [6.45, 7) is 7.66. The van der Waals surface area contributed by atoms with E-state index >= 15 is 0 Å². The molecule has 0 radical (unpaired) electrons. The van der Waals surface area contributed by atoms with Gasteiger partial charge in [0, 0.05) is 18.3 Å². The van der Waals surface area contributed by atoms with Crippen LogP contribution in [0.4, 0.5) is 0 Å². The molecule has 0 amide bonds. The highest BCUT2D eigenvalue weighted by molar-refractivity contribution is 8.01. The molecule has 2 nitrogen and oxygen atoms in total. The zero-order chi connectivity index (χ0) is 7.90.